The van der Waals surface area contributed by atoms with Crippen LogP contribution in [0.4, 0.5) is 5.69 Å². The Morgan fingerprint density at radius 1 is 1.17 bits per heavy atom. The van der Waals surface area contributed by atoms with E-state index < -0.39 is 0 Å². The smallest absolute Gasteiger partial charge is 0.336 e. The SMILES string of the molecule is CC1=C(C(=O)OC[C@H]2CCCO2)[C@H](c2ccc(N(C)C)cc2)[C@H]2C(=O)CCCC2=N1. The topological polar surface area (TPSA) is 68.2 Å². The van der Waals surface area contributed by atoms with Crippen LogP contribution in [0.15, 0.2) is 40.5 Å². The molecule has 6 nitrogen and oxygen atoms in total. The number of carbonyl (C=O) groups is 2. The van der Waals surface area contributed by atoms with Crippen LogP contribution in [0.2, 0.25) is 0 Å². The monoisotopic (exact) mass is 410 g/mol. The van der Waals surface area contributed by atoms with Gasteiger partial charge in [0, 0.05) is 50.1 Å². The largest absolute Gasteiger partial charge is 0.460 e. The molecule has 0 amide bonds. The van der Waals surface area contributed by atoms with Crippen LogP contribution in [-0.2, 0) is 19.1 Å². The first-order valence-corrected chi connectivity index (χ1v) is 10.8. The lowest BCUT2D eigenvalue weighted by Gasteiger charge is -2.35. The minimum Gasteiger partial charge on any atom is -0.460 e. The van der Waals surface area contributed by atoms with Crippen LogP contribution < -0.4 is 4.90 Å². The van der Waals surface area contributed by atoms with Gasteiger partial charge in [0.25, 0.3) is 0 Å². The van der Waals surface area contributed by atoms with Crippen molar-refractivity contribution in [2.75, 3.05) is 32.2 Å². The van der Waals surface area contributed by atoms with Gasteiger partial charge in [0.15, 0.2) is 0 Å². The zero-order valence-corrected chi connectivity index (χ0v) is 18.0. The van der Waals surface area contributed by atoms with E-state index in [9.17, 15) is 9.59 Å². The lowest BCUT2D eigenvalue weighted by atomic mass is 9.69. The summed E-state index contributed by atoms with van der Waals surface area (Å²) in [6.07, 6.45) is 4.03. The summed E-state index contributed by atoms with van der Waals surface area (Å²) in [5.41, 5.74) is 4.10. The Hall–Kier alpha value is -2.47. The quantitative estimate of drug-likeness (QED) is 0.693. The van der Waals surface area contributed by atoms with Crippen LogP contribution in [-0.4, -0.2) is 50.9 Å². The van der Waals surface area contributed by atoms with Crippen molar-refractivity contribution in [3.05, 3.63) is 41.1 Å². The van der Waals surface area contributed by atoms with Gasteiger partial charge < -0.3 is 14.4 Å². The van der Waals surface area contributed by atoms with E-state index in [-0.39, 0.29) is 36.3 Å². The Balaban J connectivity index is 1.68. The number of ether oxygens (including phenoxy) is 2. The van der Waals surface area contributed by atoms with Crippen molar-refractivity contribution < 1.29 is 19.1 Å². The Labute approximate surface area is 177 Å². The third kappa shape index (κ3) is 4.06. The number of rotatable bonds is 5. The molecule has 4 rings (SSSR count). The number of allylic oxidation sites excluding steroid dienone is 1. The number of carbonyl (C=O) groups excluding carboxylic acids is 2. The van der Waals surface area contributed by atoms with E-state index in [1.165, 1.54) is 0 Å². The van der Waals surface area contributed by atoms with Crippen LogP contribution in [0.1, 0.15) is 50.5 Å². The number of hydrogen-bond donors (Lipinski definition) is 0. The Kier molecular flexibility index (Phi) is 6.04. The summed E-state index contributed by atoms with van der Waals surface area (Å²) >= 11 is 0. The molecule has 3 atom stereocenters. The summed E-state index contributed by atoms with van der Waals surface area (Å²) in [6.45, 7) is 2.82. The standard InChI is InChI=1S/C24H30N2O4/c1-15-21(24(28)30-14-18-6-5-13-29-18)22(16-9-11-17(12-10-16)26(2)3)23-19(25-15)7-4-8-20(23)27/h9-12,18,22-23H,4-8,13-14H2,1-3H3/t18-,22+,23-/m1/s1. The van der Waals surface area contributed by atoms with Crippen molar-refractivity contribution in [3.63, 3.8) is 0 Å². The molecule has 2 aliphatic heterocycles. The van der Waals surface area contributed by atoms with Crippen molar-refractivity contribution in [2.24, 2.45) is 10.9 Å². The lowest BCUT2D eigenvalue weighted by molar-refractivity contribution is -0.142. The van der Waals surface area contributed by atoms with Crippen molar-refractivity contribution >= 4 is 23.2 Å². The molecule has 0 radical (unpaired) electrons. The first-order valence-electron chi connectivity index (χ1n) is 10.8. The molecule has 1 aromatic rings. The average Bonchev–Trinajstić information content (AvgIpc) is 3.25. The van der Waals surface area contributed by atoms with Gasteiger partial charge >= 0.3 is 5.97 Å². The number of hydrogen-bond acceptors (Lipinski definition) is 6. The summed E-state index contributed by atoms with van der Waals surface area (Å²) in [7, 11) is 3.98. The maximum absolute atomic E-state index is 13.2. The second-order valence-electron chi connectivity index (χ2n) is 8.60. The summed E-state index contributed by atoms with van der Waals surface area (Å²) < 4.78 is 11.2. The van der Waals surface area contributed by atoms with Gasteiger partial charge in [-0.25, -0.2) is 4.79 Å². The predicted octanol–water partition coefficient (Wildman–Crippen LogP) is 3.66. The molecule has 30 heavy (non-hydrogen) atoms. The number of fused-ring (bicyclic) bond motifs is 1. The molecule has 1 saturated heterocycles. The van der Waals surface area contributed by atoms with Gasteiger partial charge in [-0.05, 0) is 50.3 Å². The number of anilines is 1. The van der Waals surface area contributed by atoms with Crippen LogP contribution in [0.25, 0.3) is 0 Å². The number of nitrogens with zero attached hydrogens (tertiary/aromatic N) is 2. The van der Waals surface area contributed by atoms with Crippen molar-refractivity contribution in [1.29, 1.82) is 0 Å². The van der Waals surface area contributed by atoms with E-state index in [1.54, 1.807) is 0 Å². The molecule has 2 heterocycles. The molecule has 2 fully saturated rings. The molecule has 1 saturated carbocycles. The third-order valence-electron chi connectivity index (χ3n) is 6.32. The van der Waals surface area contributed by atoms with Crippen molar-refractivity contribution in [2.45, 2.75) is 51.0 Å². The fourth-order valence-corrected chi connectivity index (χ4v) is 4.75. The number of ketones is 1. The first kappa shape index (κ1) is 20.8. The first-order chi connectivity index (χ1) is 14.5. The van der Waals surface area contributed by atoms with Gasteiger partial charge in [-0.3, -0.25) is 9.79 Å². The summed E-state index contributed by atoms with van der Waals surface area (Å²) in [6, 6.07) is 8.09. The Morgan fingerprint density at radius 2 is 1.93 bits per heavy atom. The second-order valence-corrected chi connectivity index (χ2v) is 8.60. The molecular formula is C24H30N2O4. The Morgan fingerprint density at radius 3 is 2.60 bits per heavy atom. The lowest BCUT2D eigenvalue weighted by Crippen LogP contribution is -2.39. The predicted molar refractivity (Wildman–Crippen MR) is 116 cm³/mol. The molecule has 1 aromatic carbocycles. The van der Waals surface area contributed by atoms with E-state index >= 15 is 0 Å². The van der Waals surface area contributed by atoms with Gasteiger partial charge in [0.05, 0.1) is 17.6 Å². The number of Topliss-reactive ketones (excluding diaryl/α,β-unsaturated/α-hetero) is 1. The summed E-state index contributed by atoms with van der Waals surface area (Å²) in [5.74, 6) is -0.944. The summed E-state index contributed by atoms with van der Waals surface area (Å²) in [4.78, 5) is 32.8. The average molecular weight is 411 g/mol. The van der Waals surface area contributed by atoms with E-state index in [2.05, 4.69) is 0 Å². The molecule has 160 valence electrons. The Bertz CT molecular complexity index is 879. The van der Waals surface area contributed by atoms with Crippen LogP contribution in [0.3, 0.4) is 0 Å². The van der Waals surface area contributed by atoms with Gasteiger partial charge in [-0.1, -0.05) is 12.1 Å². The van der Waals surface area contributed by atoms with E-state index in [1.807, 2.05) is 50.2 Å². The molecule has 6 heteroatoms. The molecule has 0 bridgehead atoms. The maximum Gasteiger partial charge on any atom is 0.336 e. The van der Waals surface area contributed by atoms with Crippen LogP contribution in [0.5, 0.6) is 0 Å². The van der Waals surface area contributed by atoms with Crippen LogP contribution in [0, 0.1) is 5.92 Å². The van der Waals surface area contributed by atoms with Gasteiger partial charge in [0.2, 0.25) is 0 Å². The van der Waals surface area contributed by atoms with Gasteiger partial charge in [0.1, 0.15) is 12.4 Å². The second kappa shape index (κ2) is 8.72. The fraction of sp³-hybridized carbons (Fsp3) is 0.542. The zero-order valence-electron chi connectivity index (χ0n) is 18.0. The van der Waals surface area contributed by atoms with Gasteiger partial charge in [-0.15, -0.1) is 0 Å². The molecular weight excluding hydrogens is 380 g/mol. The number of esters is 1. The van der Waals surface area contributed by atoms with Gasteiger partial charge in [-0.2, -0.15) is 0 Å². The molecule has 0 N–H and O–H groups in total. The zero-order chi connectivity index (χ0) is 21.3. The fourth-order valence-electron chi connectivity index (χ4n) is 4.75. The highest BCUT2D eigenvalue weighted by Crippen LogP contribution is 2.43. The highest BCUT2D eigenvalue weighted by atomic mass is 16.6. The van der Waals surface area contributed by atoms with E-state index in [0.717, 1.165) is 49.3 Å². The molecule has 0 spiro atoms. The number of benzene rings is 1. The third-order valence-corrected chi connectivity index (χ3v) is 6.32. The normalized spacial score (nSPS) is 26.3. The van der Waals surface area contributed by atoms with Crippen molar-refractivity contribution in [1.82, 2.24) is 0 Å². The van der Waals surface area contributed by atoms with E-state index in [4.69, 9.17) is 14.5 Å². The minimum absolute atomic E-state index is 0.0355. The minimum atomic E-state index is -0.383. The number of aliphatic imine (C=N–C) groups is 1. The maximum atomic E-state index is 13.2. The van der Waals surface area contributed by atoms with E-state index in [0.29, 0.717) is 17.7 Å². The van der Waals surface area contributed by atoms with Crippen LogP contribution >= 0.6 is 0 Å². The highest BCUT2D eigenvalue weighted by molar-refractivity contribution is 6.11. The molecule has 0 aromatic heterocycles. The highest BCUT2D eigenvalue weighted by Gasteiger charge is 2.43. The van der Waals surface area contributed by atoms with Crippen molar-refractivity contribution in [3.8, 4) is 0 Å². The molecule has 3 aliphatic rings. The molecule has 0 unspecified atom stereocenters. The molecule has 1 aliphatic carbocycles. The summed E-state index contributed by atoms with van der Waals surface area (Å²) in [5, 5.41) is 0.